The smallest absolute Gasteiger partial charge is 0.339 e. The van der Waals surface area contributed by atoms with E-state index in [4.69, 9.17) is 14.1 Å². The minimum Gasteiger partial charge on any atom is -0.467 e. The van der Waals surface area contributed by atoms with E-state index in [-0.39, 0.29) is 12.5 Å². The van der Waals surface area contributed by atoms with E-state index in [0.717, 1.165) is 5.56 Å². The number of nitrogens with zero attached hydrogens (tertiary/aromatic N) is 4. The first-order chi connectivity index (χ1) is 15.1. The number of likely N-dealkylation sites (N-methyl/N-ethyl adjacent to an activating group) is 1. The van der Waals surface area contributed by atoms with Crippen LogP contribution in [0.4, 0.5) is 0 Å². The fourth-order valence-corrected chi connectivity index (χ4v) is 3.24. The molecule has 1 amide bonds. The van der Waals surface area contributed by atoms with Crippen LogP contribution in [0.3, 0.4) is 0 Å². The molecule has 1 aromatic carbocycles. The van der Waals surface area contributed by atoms with Crippen molar-refractivity contribution in [1.82, 2.24) is 19.7 Å². The molecule has 0 N–H and O–H groups in total. The number of carbonyl (C=O) groups is 2. The number of ether oxygens (including phenoxy) is 1. The second-order valence-corrected chi connectivity index (χ2v) is 7.02. The summed E-state index contributed by atoms with van der Waals surface area (Å²) in [5, 5.41) is 4.90. The third-order valence-corrected chi connectivity index (χ3v) is 4.92. The molecule has 0 unspecified atom stereocenters. The van der Waals surface area contributed by atoms with Gasteiger partial charge in [-0.2, -0.15) is 5.10 Å². The third-order valence-electron chi connectivity index (χ3n) is 4.92. The molecule has 3 heterocycles. The summed E-state index contributed by atoms with van der Waals surface area (Å²) in [4.78, 5) is 31.4. The first-order valence-electron chi connectivity index (χ1n) is 9.92. The number of carbonyl (C=O) groups excluding carboxylic acids is 2. The van der Waals surface area contributed by atoms with Gasteiger partial charge in [-0.05, 0) is 25.1 Å². The van der Waals surface area contributed by atoms with Crippen molar-refractivity contribution in [2.45, 2.75) is 20.0 Å². The number of amides is 1. The topological polar surface area (TPSA) is 90.5 Å². The summed E-state index contributed by atoms with van der Waals surface area (Å²) in [6.07, 6.45) is 3.14. The Hall–Kier alpha value is -3.94. The molecule has 0 fully saturated rings. The molecule has 8 heteroatoms. The van der Waals surface area contributed by atoms with Crippen molar-refractivity contribution in [1.29, 1.82) is 0 Å². The summed E-state index contributed by atoms with van der Waals surface area (Å²) in [6, 6.07) is 14.8. The van der Waals surface area contributed by atoms with Crippen molar-refractivity contribution in [3.63, 3.8) is 0 Å². The summed E-state index contributed by atoms with van der Waals surface area (Å²) < 4.78 is 12.3. The summed E-state index contributed by atoms with van der Waals surface area (Å²) >= 11 is 0. The average molecular weight is 418 g/mol. The van der Waals surface area contributed by atoms with Crippen LogP contribution >= 0.6 is 0 Å². The zero-order valence-corrected chi connectivity index (χ0v) is 17.3. The fraction of sp³-hybridized carbons (Fsp3) is 0.217. The Labute approximate surface area is 179 Å². The first-order valence-corrected chi connectivity index (χ1v) is 9.92. The number of rotatable bonds is 7. The van der Waals surface area contributed by atoms with Crippen LogP contribution in [-0.2, 0) is 22.6 Å². The van der Waals surface area contributed by atoms with E-state index in [2.05, 4.69) is 5.10 Å². The lowest BCUT2D eigenvalue weighted by Crippen LogP contribution is -2.30. The van der Waals surface area contributed by atoms with E-state index in [9.17, 15) is 9.59 Å². The average Bonchev–Trinajstić information content (AvgIpc) is 3.46. The van der Waals surface area contributed by atoms with Crippen LogP contribution in [0.15, 0.2) is 65.4 Å². The fourth-order valence-electron chi connectivity index (χ4n) is 3.24. The van der Waals surface area contributed by atoms with Crippen LogP contribution in [0, 0.1) is 0 Å². The minimum atomic E-state index is -0.597. The Morgan fingerprint density at radius 3 is 2.68 bits per heavy atom. The number of aryl methyl sites for hydroxylation is 1. The molecule has 0 saturated carbocycles. The van der Waals surface area contributed by atoms with Crippen LogP contribution in [-0.4, -0.2) is 45.2 Å². The molecule has 4 rings (SSSR count). The highest BCUT2D eigenvalue weighted by atomic mass is 16.5. The molecule has 0 spiro atoms. The SMILES string of the molecule is CCn1ncc2c(C(=O)OCC(=O)N(C)Cc3ccco3)cc(-c3ccccc3)nc21. The highest BCUT2D eigenvalue weighted by Gasteiger charge is 2.20. The van der Waals surface area contributed by atoms with Gasteiger partial charge in [0.15, 0.2) is 12.3 Å². The molecule has 0 aliphatic carbocycles. The van der Waals surface area contributed by atoms with E-state index in [1.165, 1.54) is 4.90 Å². The van der Waals surface area contributed by atoms with Gasteiger partial charge >= 0.3 is 5.97 Å². The molecule has 0 atom stereocenters. The summed E-state index contributed by atoms with van der Waals surface area (Å²) in [5.41, 5.74) is 2.43. The zero-order chi connectivity index (χ0) is 21.8. The molecule has 8 nitrogen and oxygen atoms in total. The normalized spacial score (nSPS) is 10.9. The van der Waals surface area contributed by atoms with E-state index >= 15 is 0 Å². The minimum absolute atomic E-state index is 0.296. The van der Waals surface area contributed by atoms with E-state index in [1.807, 2.05) is 37.3 Å². The molecule has 0 radical (unpaired) electrons. The molecule has 31 heavy (non-hydrogen) atoms. The summed E-state index contributed by atoms with van der Waals surface area (Å²) in [6.45, 7) is 2.49. The maximum atomic E-state index is 12.9. The van der Waals surface area contributed by atoms with Crippen LogP contribution in [0.1, 0.15) is 23.0 Å². The highest BCUT2D eigenvalue weighted by molar-refractivity contribution is 6.04. The monoisotopic (exact) mass is 418 g/mol. The van der Waals surface area contributed by atoms with E-state index < -0.39 is 5.97 Å². The predicted octanol–water partition coefficient (Wildman–Crippen LogP) is 3.53. The van der Waals surface area contributed by atoms with E-state index in [0.29, 0.717) is 41.1 Å². The van der Waals surface area contributed by atoms with Gasteiger partial charge in [-0.15, -0.1) is 0 Å². The van der Waals surface area contributed by atoms with Crippen LogP contribution in [0.2, 0.25) is 0 Å². The Morgan fingerprint density at radius 2 is 1.97 bits per heavy atom. The second kappa shape index (κ2) is 8.83. The molecule has 0 saturated heterocycles. The number of pyridine rings is 1. The summed E-state index contributed by atoms with van der Waals surface area (Å²) in [7, 11) is 1.63. The van der Waals surface area contributed by atoms with Crippen LogP contribution in [0.5, 0.6) is 0 Å². The summed E-state index contributed by atoms with van der Waals surface area (Å²) in [5.74, 6) is -0.278. The van der Waals surface area contributed by atoms with Gasteiger partial charge in [-0.3, -0.25) is 4.79 Å². The molecule has 0 bridgehead atoms. The van der Waals surface area contributed by atoms with Crippen molar-refractivity contribution < 1.29 is 18.7 Å². The number of fused-ring (bicyclic) bond motifs is 1. The lowest BCUT2D eigenvalue weighted by molar-refractivity contribution is -0.133. The second-order valence-electron chi connectivity index (χ2n) is 7.02. The van der Waals surface area contributed by atoms with Gasteiger partial charge in [-0.1, -0.05) is 30.3 Å². The quantitative estimate of drug-likeness (QED) is 0.427. The molecule has 0 aliphatic heterocycles. The van der Waals surface area contributed by atoms with Gasteiger partial charge in [0.25, 0.3) is 5.91 Å². The van der Waals surface area contributed by atoms with Crippen molar-refractivity contribution in [3.05, 3.63) is 72.3 Å². The maximum Gasteiger partial charge on any atom is 0.339 e. The first kappa shape index (κ1) is 20.3. The largest absolute Gasteiger partial charge is 0.467 e. The number of hydrogen-bond acceptors (Lipinski definition) is 6. The molecule has 3 aromatic heterocycles. The molecule has 4 aromatic rings. The number of esters is 1. The van der Waals surface area contributed by atoms with Gasteiger partial charge in [0.05, 0.1) is 35.6 Å². The van der Waals surface area contributed by atoms with Gasteiger partial charge in [0.2, 0.25) is 0 Å². The van der Waals surface area contributed by atoms with Gasteiger partial charge in [0.1, 0.15) is 5.76 Å². The highest BCUT2D eigenvalue weighted by Crippen LogP contribution is 2.25. The van der Waals surface area contributed by atoms with Crippen molar-refractivity contribution in [3.8, 4) is 11.3 Å². The Bertz CT molecular complexity index is 1200. The molecular weight excluding hydrogens is 396 g/mol. The van der Waals surface area contributed by atoms with Gasteiger partial charge < -0.3 is 14.1 Å². The Kier molecular flexibility index (Phi) is 5.79. The Balaban J connectivity index is 1.57. The zero-order valence-electron chi connectivity index (χ0n) is 17.3. The maximum absolute atomic E-state index is 12.9. The molecular formula is C23H22N4O4. The van der Waals surface area contributed by atoms with E-state index in [1.54, 1.807) is 42.4 Å². The van der Waals surface area contributed by atoms with Crippen LogP contribution < -0.4 is 0 Å². The van der Waals surface area contributed by atoms with Gasteiger partial charge in [0, 0.05) is 19.2 Å². The molecule has 0 aliphatic rings. The van der Waals surface area contributed by atoms with Crippen molar-refractivity contribution in [2.24, 2.45) is 0 Å². The number of benzene rings is 1. The number of aromatic nitrogens is 3. The lowest BCUT2D eigenvalue weighted by Gasteiger charge is -2.16. The number of furan rings is 1. The van der Waals surface area contributed by atoms with Crippen LogP contribution in [0.25, 0.3) is 22.3 Å². The Morgan fingerprint density at radius 1 is 1.16 bits per heavy atom. The predicted molar refractivity (Wildman–Crippen MR) is 114 cm³/mol. The third kappa shape index (κ3) is 4.32. The molecule has 158 valence electrons. The van der Waals surface area contributed by atoms with Gasteiger partial charge in [-0.25, -0.2) is 14.5 Å². The van der Waals surface area contributed by atoms with Crippen molar-refractivity contribution >= 4 is 22.9 Å². The lowest BCUT2D eigenvalue weighted by atomic mass is 10.1. The van der Waals surface area contributed by atoms with Crippen molar-refractivity contribution in [2.75, 3.05) is 13.7 Å². The standard InChI is InChI=1S/C23H22N4O4/c1-3-27-22-19(13-24-27)18(12-20(25-22)16-8-5-4-6-9-16)23(29)31-15-21(28)26(2)14-17-10-7-11-30-17/h4-13H,3,14-15H2,1-2H3. The number of hydrogen-bond donors (Lipinski definition) is 0.